The van der Waals surface area contributed by atoms with E-state index in [0.717, 1.165) is 18.2 Å². The summed E-state index contributed by atoms with van der Waals surface area (Å²) in [5, 5.41) is 16.2. The van der Waals surface area contributed by atoms with E-state index in [-0.39, 0.29) is 12.3 Å². The number of esters is 1. The molecule has 3 rings (SSSR count). The summed E-state index contributed by atoms with van der Waals surface area (Å²) in [5.41, 5.74) is 0.389. The molecule has 0 aromatic heterocycles. The van der Waals surface area contributed by atoms with Gasteiger partial charge in [-0.25, -0.2) is 4.79 Å². The number of carbonyl (C=O) groups is 3. The van der Waals surface area contributed by atoms with Gasteiger partial charge in [-0.1, -0.05) is 56.3 Å². The number of fused-ring (bicyclic) bond motifs is 3. The lowest BCUT2D eigenvalue weighted by Crippen LogP contribution is -2.55. The van der Waals surface area contributed by atoms with Gasteiger partial charge in [0, 0.05) is 11.3 Å². The summed E-state index contributed by atoms with van der Waals surface area (Å²) in [4.78, 5) is 38.1. The van der Waals surface area contributed by atoms with Crippen molar-refractivity contribution in [2.24, 2.45) is 5.92 Å². The van der Waals surface area contributed by atoms with Crippen molar-refractivity contribution < 1.29 is 24.2 Å². The topological polar surface area (TPSA) is 105 Å². The van der Waals surface area contributed by atoms with Crippen LogP contribution in [-0.2, 0) is 19.1 Å². The van der Waals surface area contributed by atoms with E-state index >= 15 is 0 Å². The van der Waals surface area contributed by atoms with Gasteiger partial charge in [0.2, 0.25) is 5.60 Å². The highest BCUT2D eigenvalue weighted by Gasteiger charge is 2.47. The molecule has 2 aromatic rings. The summed E-state index contributed by atoms with van der Waals surface area (Å²) in [6.07, 6.45) is -0.137. The molecule has 0 unspecified atom stereocenters. The maximum absolute atomic E-state index is 13.0. The van der Waals surface area contributed by atoms with Crippen LogP contribution in [0.4, 0.5) is 5.69 Å². The zero-order chi connectivity index (χ0) is 21.2. The Morgan fingerprint density at radius 2 is 1.76 bits per heavy atom. The zero-order valence-corrected chi connectivity index (χ0v) is 16.6. The predicted octanol–water partition coefficient (Wildman–Crippen LogP) is 2.41. The van der Waals surface area contributed by atoms with Gasteiger partial charge in [-0.15, -0.1) is 0 Å². The lowest BCUT2D eigenvalue weighted by molar-refractivity contribution is -0.171. The van der Waals surface area contributed by atoms with Gasteiger partial charge < -0.3 is 20.5 Å². The second-order valence-corrected chi connectivity index (χ2v) is 7.48. The maximum atomic E-state index is 13.0. The molecule has 0 saturated heterocycles. The number of para-hydroxylation sites is 1. The van der Waals surface area contributed by atoms with E-state index in [2.05, 4.69) is 15.4 Å². The van der Waals surface area contributed by atoms with Crippen LogP contribution in [0.25, 0.3) is 11.1 Å². The van der Waals surface area contributed by atoms with E-state index in [4.69, 9.17) is 0 Å². The van der Waals surface area contributed by atoms with Gasteiger partial charge in [-0.3, -0.25) is 9.59 Å². The third kappa shape index (κ3) is 3.86. The fourth-order valence-electron chi connectivity index (χ4n) is 3.59. The number of benzene rings is 2. The quantitative estimate of drug-likeness (QED) is 0.532. The van der Waals surface area contributed by atoms with Crippen LogP contribution in [0.5, 0.6) is 0 Å². The molecule has 2 aromatic carbocycles. The molecule has 2 amide bonds. The van der Waals surface area contributed by atoms with E-state index < -0.39 is 29.4 Å². The minimum atomic E-state index is -2.39. The van der Waals surface area contributed by atoms with Gasteiger partial charge in [0.1, 0.15) is 6.04 Å². The smallest absolute Gasteiger partial charge is 0.347 e. The summed E-state index contributed by atoms with van der Waals surface area (Å²) in [5.74, 6) is -2.66. The van der Waals surface area contributed by atoms with Crippen molar-refractivity contribution in [1.82, 2.24) is 5.32 Å². The Bertz CT molecular complexity index is 956. The molecule has 0 saturated carbocycles. The summed E-state index contributed by atoms with van der Waals surface area (Å²) in [6, 6.07) is 13.4. The molecule has 7 nitrogen and oxygen atoms in total. The van der Waals surface area contributed by atoms with Gasteiger partial charge in [-0.05, 0) is 29.5 Å². The summed E-state index contributed by atoms with van der Waals surface area (Å²) in [7, 11) is 1.10. The fraction of sp³-hybridized carbons (Fsp3) is 0.318. The van der Waals surface area contributed by atoms with Gasteiger partial charge in [0.05, 0.1) is 7.11 Å². The van der Waals surface area contributed by atoms with Crippen LogP contribution in [0.3, 0.4) is 0 Å². The first-order chi connectivity index (χ1) is 13.8. The molecule has 1 aliphatic rings. The number of rotatable bonds is 5. The number of ether oxygens (including phenoxy) is 1. The van der Waals surface area contributed by atoms with Crippen LogP contribution in [0, 0.1) is 5.92 Å². The van der Waals surface area contributed by atoms with Crippen molar-refractivity contribution in [3.8, 4) is 11.1 Å². The largest absolute Gasteiger partial charge is 0.466 e. The van der Waals surface area contributed by atoms with E-state index in [1.54, 1.807) is 38.1 Å². The van der Waals surface area contributed by atoms with Crippen molar-refractivity contribution in [2.45, 2.75) is 31.9 Å². The number of amides is 2. The fourth-order valence-corrected chi connectivity index (χ4v) is 3.59. The summed E-state index contributed by atoms with van der Waals surface area (Å²) < 4.78 is 4.65. The lowest BCUT2D eigenvalue weighted by Gasteiger charge is -2.28. The Kier molecular flexibility index (Phi) is 5.70. The average molecular weight is 396 g/mol. The molecule has 3 N–H and O–H groups in total. The Balaban J connectivity index is 2.02. The Labute approximate surface area is 169 Å². The second-order valence-electron chi connectivity index (χ2n) is 7.48. The average Bonchev–Trinajstić information content (AvgIpc) is 2.81. The Hall–Kier alpha value is -3.19. The standard InChI is InChI=1S/C22H24N2O5/c1-13(2)12-22(28,21(27)29-3)20(26)24-18-16-10-5-4-8-14(16)15-9-6-7-11-17(15)23-19(18)25/h4-11,13,18,28H,12H2,1-3H3,(H,23,25)(H,24,26)/t18-,22+/m0/s1. The third-order valence-electron chi connectivity index (χ3n) is 4.89. The first-order valence-electron chi connectivity index (χ1n) is 9.39. The van der Waals surface area contributed by atoms with Crippen molar-refractivity contribution in [2.75, 3.05) is 12.4 Å². The minimum absolute atomic E-state index is 0.137. The third-order valence-corrected chi connectivity index (χ3v) is 4.89. The molecule has 7 heteroatoms. The molecule has 0 spiro atoms. The maximum Gasteiger partial charge on any atom is 0.347 e. The molecular weight excluding hydrogens is 372 g/mol. The molecule has 0 fully saturated rings. The first-order valence-corrected chi connectivity index (χ1v) is 9.39. The molecule has 0 bridgehead atoms. The number of hydrogen-bond donors (Lipinski definition) is 3. The van der Waals surface area contributed by atoms with Crippen molar-refractivity contribution >= 4 is 23.5 Å². The van der Waals surface area contributed by atoms with Crippen LogP contribution in [0.1, 0.15) is 31.9 Å². The van der Waals surface area contributed by atoms with Crippen LogP contribution < -0.4 is 10.6 Å². The molecule has 1 heterocycles. The lowest BCUT2D eigenvalue weighted by atomic mass is 9.90. The van der Waals surface area contributed by atoms with Crippen LogP contribution in [0.15, 0.2) is 48.5 Å². The highest BCUT2D eigenvalue weighted by molar-refractivity contribution is 6.09. The second kappa shape index (κ2) is 8.05. The minimum Gasteiger partial charge on any atom is -0.466 e. The van der Waals surface area contributed by atoms with Crippen LogP contribution >= 0.6 is 0 Å². The monoisotopic (exact) mass is 396 g/mol. The van der Waals surface area contributed by atoms with Crippen LogP contribution in [-0.4, -0.2) is 35.6 Å². The molecule has 152 valence electrons. The highest BCUT2D eigenvalue weighted by atomic mass is 16.5. The Morgan fingerprint density at radius 3 is 2.41 bits per heavy atom. The summed E-state index contributed by atoms with van der Waals surface area (Å²) in [6.45, 7) is 3.54. The Morgan fingerprint density at radius 1 is 1.14 bits per heavy atom. The molecule has 29 heavy (non-hydrogen) atoms. The summed E-state index contributed by atoms with van der Waals surface area (Å²) >= 11 is 0. The van der Waals surface area contributed by atoms with E-state index in [0.29, 0.717) is 11.3 Å². The van der Waals surface area contributed by atoms with Crippen molar-refractivity contribution in [1.29, 1.82) is 0 Å². The van der Waals surface area contributed by atoms with Gasteiger partial charge in [0.15, 0.2) is 0 Å². The van der Waals surface area contributed by atoms with Crippen molar-refractivity contribution in [3.05, 3.63) is 54.1 Å². The first kappa shape index (κ1) is 20.5. The molecular formula is C22H24N2O5. The number of carbonyl (C=O) groups excluding carboxylic acids is 3. The van der Waals surface area contributed by atoms with E-state index in [1.165, 1.54) is 0 Å². The number of aliphatic hydroxyl groups is 1. The van der Waals surface area contributed by atoms with Gasteiger partial charge in [0.25, 0.3) is 11.8 Å². The number of hydrogen-bond acceptors (Lipinski definition) is 5. The molecule has 0 aliphatic carbocycles. The van der Waals surface area contributed by atoms with Crippen molar-refractivity contribution in [3.63, 3.8) is 0 Å². The predicted molar refractivity (Wildman–Crippen MR) is 108 cm³/mol. The number of methoxy groups -OCH3 is 1. The van der Waals surface area contributed by atoms with Crippen LogP contribution in [0.2, 0.25) is 0 Å². The number of nitrogens with one attached hydrogen (secondary N) is 2. The highest BCUT2D eigenvalue weighted by Crippen LogP contribution is 2.37. The SMILES string of the molecule is COC(=O)[C@@](O)(CC(C)C)C(=O)N[C@@H]1C(=O)Nc2ccccc2-c2ccccc21. The normalized spacial score (nSPS) is 17.3. The van der Waals surface area contributed by atoms with Gasteiger partial charge >= 0.3 is 5.97 Å². The molecule has 0 radical (unpaired) electrons. The zero-order valence-electron chi connectivity index (χ0n) is 16.6. The molecule has 1 aliphatic heterocycles. The van der Waals surface area contributed by atoms with E-state index in [9.17, 15) is 19.5 Å². The van der Waals surface area contributed by atoms with E-state index in [1.807, 2.05) is 24.3 Å². The molecule has 2 atom stereocenters. The van der Waals surface area contributed by atoms with Gasteiger partial charge in [-0.2, -0.15) is 0 Å². The number of anilines is 1.